The van der Waals surface area contributed by atoms with Crippen LogP contribution < -0.4 is 0 Å². The third-order valence-corrected chi connectivity index (χ3v) is 2.91. The lowest BCUT2D eigenvalue weighted by Gasteiger charge is -2.26. The van der Waals surface area contributed by atoms with Gasteiger partial charge in [0.2, 0.25) is 0 Å². The van der Waals surface area contributed by atoms with E-state index in [-0.39, 0.29) is 0 Å². The fourth-order valence-electron chi connectivity index (χ4n) is 2.03. The van der Waals surface area contributed by atoms with Gasteiger partial charge in [-0.25, -0.2) is 0 Å². The zero-order valence-electron chi connectivity index (χ0n) is 8.79. The minimum absolute atomic E-state index is 0.620. The summed E-state index contributed by atoms with van der Waals surface area (Å²) >= 11 is 0. The molecule has 1 aliphatic rings. The van der Waals surface area contributed by atoms with E-state index in [0.717, 1.165) is 13.0 Å². The summed E-state index contributed by atoms with van der Waals surface area (Å²) in [6.45, 7) is 6.84. The third-order valence-electron chi connectivity index (χ3n) is 2.91. The maximum Gasteiger partial charge on any atom is 0.0625 e. The average molecular weight is 180 g/mol. The first kappa shape index (κ1) is 10.5. The molecule has 1 rings (SSSR count). The Bertz CT molecular complexity index is 181. The topological polar surface area (TPSA) is 27.0 Å². The average Bonchev–Trinajstić information content (AvgIpc) is 2.30. The molecule has 0 amide bonds. The van der Waals surface area contributed by atoms with Gasteiger partial charge in [-0.3, -0.25) is 0 Å². The highest BCUT2D eigenvalue weighted by Gasteiger charge is 2.19. The van der Waals surface area contributed by atoms with Crippen molar-refractivity contribution in [3.8, 4) is 6.07 Å². The van der Waals surface area contributed by atoms with E-state index in [1.54, 1.807) is 0 Å². The lowest BCUT2D eigenvalue weighted by Crippen LogP contribution is -2.34. The van der Waals surface area contributed by atoms with Crippen LogP contribution in [0.5, 0.6) is 0 Å². The lowest BCUT2D eigenvalue weighted by molar-refractivity contribution is 0.203. The number of rotatable bonds is 2. The van der Waals surface area contributed by atoms with Crippen molar-refractivity contribution in [2.75, 3.05) is 13.1 Å². The van der Waals surface area contributed by atoms with E-state index in [1.807, 2.05) is 0 Å². The molecule has 13 heavy (non-hydrogen) atoms. The smallest absolute Gasteiger partial charge is 0.0625 e. The van der Waals surface area contributed by atoms with Gasteiger partial charge in [-0.1, -0.05) is 6.42 Å². The minimum atomic E-state index is 0.620. The molecule has 0 radical (unpaired) electrons. The van der Waals surface area contributed by atoms with Crippen LogP contribution in [0.1, 0.15) is 39.5 Å². The summed E-state index contributed by atoms with van der Waals surface area (Å²) in [5, 5.41) is 8.67. The Hall–Kier alpha value is -0.550. The van der Waals surface area contributed by atoms with Crippen molar-refractivity contribution in [1.29, 1.82) is 5.26 Å². The lowest BCUT2D eigenvalue weighted by atomic mass is 10.0. The van der Waals surface area contributed by atoms with Crippen LogP contribution in [0.3, 0.4) is 0 Å². The molecule has 0 spiro atoms. The van der Waals surface area contributed by atoms with Crippen LogP contribution in [0.2, 0.25) is 0 Å². The molecule has 0 aliphatic carbocycles. The van der Waals surface area contributed by atoms with Gasteiger partial charge in [0.05, 0.1) is 6.07 Å². The molecular weight excluding hydrogens is 160 g/mol. The first-order chi connectivity index (χ1) is 6.24. The first-order valence-electron chi connectivity index (χ1n) is 5.35. The highest BCUT2D eigenvalue weighted by atomic mass is 15.1. The van der Waals surface area contributed by atoms with E-state index in [9.17, 15) is 0 Å². The van der Waals surface area contributed by atoms with Crippen molar-refractivity contribution in [2.45, 2.75) is 45.6 Å². The van der Waals surface area contributed by atoms with Crippen molar-refractivity contribution < 1.29 is 0 Å². The Labute approximate surface area is 81.5 Å². The van der Waals surface area contributed by atoms with Crippen LogP contribution in [0.15, 0.2) is 0 Å². The molecule has 0 aromatic carbocycles. The Morgan fingerprint density at radius 2 is 2.23 bits per heavy atom. The van der Waals surface area contributed by atoms with Crippen LogP contribution in [0.4, 0.5) is 0 Å². The standard InChI is InChI=1S/C11H20N2/c1-10(2)13-8-4-3-5-11(9-13)6-7-12/h10-11H,3-6,8-9H2,1-2H3. The van der Waals surface area contributed by atoms with Crippen LogP contribution in [-0.2, 0) is 0 Å². The third kappa shape index (κ3) is 3.36. The predicted octanol–water partition coefficient (Wildman–Crippen LogP) is 2.41. The monoisotopic (exact) mass is 180 g/mol. The number of hydrogen-bond acceptors (Lipinski definition) is 2. The molecule has 1 saturated heterocycles. The van der Waals surface area contributed by atoms with Crippen molar-refractivity contribution in [2.24, 2.45) is 5.92 Å². The van der Waals surface area contributed by atoms with E-state index in [1.165, 1.54) is 25.8 Å². The molecule has 1 heterocycles. The van der Waals surface area contributed by atoms with Crippen molar-refractivity contribution in [3.63, 3.8) is 0 Å². The maximum atomic E-state index is 8.67. The van der Waals surface area contributed by atoms with Crippen molar-refractivity contribution >= 4 is 0 Å². The normalized spacial score (nSPS) is 25.5. The van der Waals surface area contributed by atoms with Gasteiger partial charge in [-0.2, -0.15) is 5.26 Å². The second-order valence-electron chi connectivity index (χ2n) is 4.31. The summed E-state index contributed by atoms with van der Waals surface area (Å²) in [6.07, 6.45) is 4.59. The summed E-state index contributed by atoms with van der Waals surface area (Å²) in [6, 6.07) is 2.94. The number of nitriles is 1. The fourth-order valence-corrected chi connectivity index (χ4v) is 2.03. The maximum absolute atomic E-state index is 8.67. The molecule has 2 heteroatoms. The van der Waals surface area contributed by atoms with Gasteiger partial charge in [-0.15, -0.1) is 0 Å². The van der Waals surface area contributed by atoms with E-state index in [4.69, 9.17) is 5.26 Å². The molecule has 0 N–H and O–H groups in total. The second-order valence-corrected chi connectivity index (χ2v) is 4.31. The van der Waals surface area contributed by atoms with Gasteiger partial charge in [0, 0.05) is 19.0 Å². The van der Waals surface area contributed by atoms with E-state index >= 15 is 0 Å². The van der Waals surface area contributed by atoms with E-state index < -0.39 is 0 Å². The van der Waals surface area contributed by atoms with Gasteiger partial charge in [-0.05, 0) is 39.2 Å². The number of likely N-dealkylation sites (tertiary alicyclic amines) is 1. The summed E-state index contributed by atoms with van der Waals surface area (Å²) in [7, 11) is 0. The molecule has 0 bridgehead atoms. The van der Waals surface area contributed by atoms with Gasteiger partial charge in [0.1, 0.15) is 0 Å². The largest absolute Gasteiger partial charge is 0.301 e. The fraction of sp³-hybridized carbons (Fsp3) is 0.909. The van der Waals surface area contributed by atoms with Crippen molar-refractivity contribution in [3.05, 3.63) is 0 Å². The summed E-state index contributed by atoms with van der Waals surface area (Å²) in [5.74, 6) is 0.620. The molecule has 2 nitrogen and oxygen atoms in total. The second kappa shape index (κ2) is 5.24. The predicted molar refractivity (Wildman–Crippen MR) is 54.3 cm³/mol. The van der Waals surface area contributed by atoms with Crippen LogP contribution in [0, 0.1) is 17.2 Å². The molecule has 74 valence electrons. The Morgan fingerprint density at radius 1 is 1.46 bits per heavy atom. The molecule has 1 unspecified atom stereocenters. The van der Waals surface area contributed by atoms with E-state index in [0.29, 0.717) is 12.0 Å². The van der Waals surface area contributed by atoms with Crippen molar-refractivity contribution in [1.82, 2.24) is 4.90 Å². The first-order valence-corrected chi connectivity index (χ1v) is 5.35. The summed E-state index contributed by atoms with van der Waals surface area (Å²) in [4.78, 5) is 2.51. The van der Waals surface area contributed by atoms with Crippen LogP contribution in [-0.4, -0.2) is 24.0 Å². The number of nitrogens with zero attached hydrogens (tertiary/aromatic N) is 2. The Balaban J connectivity index is 2.45. The minimum Gasteiger partial charge on any atom is -0.301 e. The molecule has 0 saturated carbocycles. The SMILES string of the molecule is CC(C)N1CCCCC(CC#N)C1. The summed E-state index contributed by atoms with van der Waals surface area (Å²) < 4.78 is 0. The molecule has 0 aromatic rings. The highest BCUT2D eigenvalue weighted by Crippen LogP contribution is 2.20. The van der Waals surface area contributed by atoms with Gasteiger partial charge in [0.25, 0.3) is 0 Å². The molecule has 1 atom stereocenters. The quantitative estimate of drug-likeness (QED) is 0.652. The molecule has 1 fully saturated rings. The van der Waals surface area contributed by atoms with Gasteiger partial charge in [0.15, 0.2) is 0 Å². The summed E-state index contributed by atoms with van der Waals surface area (Å²) in [5.41, 5.74) is 0. The zero-order chi connectivity index (χ0) is 9.68. The Kier molecular flexibility index (Phi) is 4.24. The highest BCUT2D eigenvalue weighted by molar-refractivity contribution is 4.81. The Morgan fingerprint density at radius 3 is 2.85 bits per heavy atom. The molecular formula is C11H20N2. The number of hydrogen-bond donors (Lipinski definition) is 0. The molecule has 1 aliphatic heterocycles. The van der Waals surface area contributed by atoms with Crippen LogP contribution >= 0.6 is 0 Å². The molecule has 0 aromatic heterocycles. The van der Waals surface area contributed by atoms with Gasteiger partial charge >= 0.3 is 0 Å². The van der Waals surface area contributed by atoms with Gasteiger partial charge < -0.3 is 4.90 Å². The van der Waals surface area contributed by atoms with Crippen LogP contribution in [0.25, 0.3) is 0 Å². The van der Waals surface area contributed by atoms with E-state index in [2.05, 4.69) is 24.8 Å². The zero-order valence-corrected chi connectivity index (χ0v) is 8.79.